The van der Waals surface area contributed by atoms with Crippen LogP contribution in [0, 0.1) is 0 Å². The van der Waals surface area contributed by atoms with Crippen molar-refractivity contribution >= 4 is 21.6 Å². The fourth-order valence-corrected chi connectivity index (χ4v) is 3.52. The van der Waals surface area contributed by atoms with Gasteiger partial charge in [-0.1, -0.05) is 17.7 Å². The first kappa shape index (κ1) is 15.1. The second-order valence-electron chi connectivity index (χ2n) is 4.91. The largest absolute Gasteiger partial charge is 0.454 e. The van der Waals surface area contributed by atoms with Crippen LogP contribution in [-0.4, -0.2) is 15.2 Å². The molecule has 0 saturated heterocycles. The predicted molar refractivity (Wildman–Crippen MR) is 82.8 cm³/mol. The zero-order chi connectivity index (χ0) is 15.7. The maximum atomic E-state index is 12.4. The van der Waals surface area contributed by atoms with Gasteiger partial charge >= 0.3 is 0 Å². The molecule has 7 heteroatoms. The van der Waals surface area contributed by atoms with E-state index in [-0.39, 0.29) is 11.7 Å². The van der Waals surface area contributed by atoms with Gasteiger partial charge in [0, 0.05) is 11.1 Å². The summed E-state index contributed by atoms with van der Waals surface area (Å²) in [5.41, 5.74) is 0.793. The number of rotatable bonds is 4. The molecule has 0 unspecified atom stereocenters. The van der Waals surface area contributed by atoms with Gasteiger partial charge in [0.1, 0.15) is 0 Å². The van der Waals surface area contributed by atoms with Crippen LogP contribution in [-0.2, 0) is 10.0 Å². The molecule has 1 heterocycles. The minimum absolute atomic E-state index is 0.171. The SMILES string of the molecule is C[C@H](NS(=O)(=O)c1ccc(Cl)cc1)c1ccc2c(c1)OCO2. The lowest BCUT2D eigenvalue weighted by atomic mass is 10.1. The lowest BCUT2D eigenvalue weighted by Crippen LogP contribution is -2.26. The highest BCUT2D eigenvalue weighted by Crippen LogP contribution is 2.34. The van der Waals surface area contributed by atoms with Gasteiger partial charge in [0.25, 0.3) is 0 Å². The van der Waals surface area contributed by atoms with E-state index in [0.29, 0.717) is 16.5 Å². The molecule has 0 fully saturated rings. The molecule has 5 nitrogen and oxygen atoms in total. The molecule has 1 N–H and O–H groups in total. The molecule has 0 amide bonds. The minimum atomic E-state index is -3.62. The van der Waals surface area contributed by atoms with Crippen molar-refractivity contribution in [3.8, 4) is 11.5 Å². The average molecular weight is 340 g/mol. The Balaban J connectivity index is 1.81. The fraction of sp³-hybridized carbons (Fsp3) is 0.200. The van der Waals surface area contributed by atoms with E-state index in [2.05, 4.69) is 4.72 Å². The zero-order valence-electron chi connectivity index (χ0n) is 11.7. The third-order valence-corrected chi connectivity index (χ3v) is 5.16. The van der Waals surface area contributed by atoms with Crippen LogP contribution in [0.15, 0.2) is 47.4 Å². The third-order valence-electron chi connectivity index (χ3n) is 3.35. The number of fused-ring (bicyclic) bond motifs is 1. The summed E-state index contributed by atoms with van der Waals surface area (Å²) in [6.07, 6.45) is 0. The van der Waals surface area contributed by atoms with E-state index in [1.54, 1.807) is 31.2 Å². The topological polar surface area (TPSA) is 64.6 Å². The van der Waals surface area contributed by atoms with Crippen LogP contribution in [0.2, 0.25) is 5.02 Å². The van der Waals surface area contributed by atoms with Gasteiger partial charge in [-0.25, -0.2) is 13.1 Å². The quantitative estimate of drug-likeness (QED) is 0.929. The van der Waals surface area contributed by atoms with E-state index in [1.165, 1.54) is 12.1 Å². The van der Waals surface area contributed by atoms with Crippen LogP contribution in [0.1, 0.15) is 18.5 Å². The molecule has 1 aliphatic heterocycles. The van der Waals surface area contributed by atoms with Crippen LogP contribution < -0.4 is 14.2 Å². The first-order valence-electron chi connectivity index (χ1n) is 6.63. The highest BCUT2D eigenvalue weighted by Gasteiger charge is 2.20. The van der Waals surface area contributed by atoms with Gasteiger partial charge in [-0.2, -0.15) is 0 Å². The molecule has 1 atom stereocenters. The second-order valence-corrected chi connectivity index (χ2v) is 7.06. The Morgan fingerprint density at radius 2 is 1.77 bits per heavy atom. The summed E-state index contributed by atoms with van der Waals surface area (Å²) < 4.78 is 37.9. The molecule has 0 bridgehead atoms. The molecule has 0 radical (unpaired) electrons. The summed E-state index contributed by atoms with van der Waals surface area (Å²) >= 11 is 5.78. The average Bonchev–Trinajstić information content (AvgIpc) is 2.94. The smallest absolute Gasteiger partial charge is 0.241 e. The number of nitrogens with one attached hydrogen (secondary N) is 1. The van der Waals surface area contributed by atoms with Crippen LogP contribution in [0.4, 0.5) is 0 Å². The van der Waals surface area contributed by atoms with Crippen molar-refractivity contribution in [1.82, 2.24) is 4.72 Å². The number of halogens is 1. The molecule has 2 aromatic rings. The van der Waals surface area contributed by atoms with Crippen LogP contribution >= 0.6 is 11.6 Å². The van der Waals surface area contributed by atoms with Gasteiger partial charge in [0.05, 0.1) is 4.90 Å². The lowest BCUT2D eigenvalue weighted by Gasteiger charge is -2.15. The molecule has 116 valence electrons. The molecule has 0 aliphatic carbocycles. The van der Waals surface area contributed by atoms with Crippen LogP contribution in [0.25, 0.3) is 0 Å². The zero-order valence-corrected chi connectivity index (χ0v) is 13.3. The van der Waals surface area contributed by atoms with Crippen molar-refractivity contribution in [2.75, 3.05) is 6.79 Å². The van der Waals surface area contributed by atoms with Gasteiger partial charge < -0.3 is 9.47 Å². The lowest BCUT2D eigenvalue weighted by molar-refractivity contribution is 0.174. The number of hydrogen-bond donors (Lipinski definition) is 1. The summed E-state index contributed by atoms with van der Waals surface area (Å²) in [6.45, 7) is 1.95. The molecule has 0 spiro atoms. The van der Waals surface area contributed by atoms with Gasteiger partial charge in [-0.15, -0.1) is 0 Å². The summed E-state index contributed by atoms with van der Waals surface area (Å²) in [4.78, 5) is 0.171. The highest BCUT2D eigenvalue weighted by atomic mass is 35.5. The van der Waals surface area contributed by atoms with E-state index >= 15 is 0 Å². The maximum Gasteiger partial charge on any atom is 0.241 e. The number of benzene rings is 2. The normalized spacial score (nSPS) is 14.8. The van der Waals surface area contributed by atoms with Crippen LogP contribution in [0.3, 0.4) is 0 Å². The van der Waals surface area contributed by atoms with Gasteiger partial charge in [0.15, 0.2) is 11.5 Å². The van der Waals surface area contributed by atoms with E-state index in [0.717, 1.165) is 5.56 Å². The molecule has 0 aromatic heterocycles. The number of sulfonamides is 1. The standard InChI is InChI=1S/C15H14ClNO4S/c1-10(11-2-7-14-15(8-11)21-9-20-14)17-22(18,19)13-5-3-12(16)4-6-13/h2-8,10,17H,9H2,1H3/t10-/m0/s1. The van der Waals surface area contributed by atoms with Gasteiger partial charge in [-0.3, -0.25) is 0 Å². The minimum Gasteiger partial charge on any atom is -0.454 e. The van der Waals surface area contributed by atoms with Crippen molar-refractivity contribution in [2.24, 2.45) is 0 Å². The summed E-state index contributed by atoms with van der Waals surface area (Å²) in [6, 6.07) is 11.0. The Kier molecular flexibility index (Phi) is 3.99. The van der Waals surface area contributed by atoms with Crippen molar-refractivity contribution in [2.45, 2.75) is 17.9 Å². The Bertz CT molecular complexity index is 790. The Hall–Kier alpha value is -1.76. The van der Waals surface area contributed by atoms with E-state index in [4.69, 9.17) is 21.1 Å². The molecular weight excluding hydrogens is 326 g/mol. The molecule has 3 rings (SSSR count). The first-order valence-corrected chi connectivity index (χ1v) is 8.49. The van der Waals surface area contributed by atoms with Crippen molar-refractivity contribution in [3.63, 3.8) is 0 Å². The van der Waals surface area contributed by atoms with Gasteiger partial charge in [0.2, 0.25) is 16.8 Å². The Morgan fingerprint density at radius 3 is 2.50 bits per heavy atom. The third kappa shape index (κ3) is 3.04. The van der Waals surface area contributed by atoms with Crippen LogP contribution in [0.5, 0.6) is 11.5 Å². The molecule has 1 aliphatic rings. The predicted octanol–water partition coefficient (Wildman–Crippen LogP) is 3.11. The number of ether oxygens (including phenoxy) is 2. The Labute approximate surface area is 133 Å². The first-order chi connectivity index (χ1) is 10.5. The monoisotopic (exact) mass is 339 g/mol. The molecule has 22 heavy (non-hydrogen) atoms. The number of hydrogen-bond acceptors (Lipinski definition) is 4. The van der Waals surface area contributed by atoms with E-state index in [9.17, 15) is 8.42 Å². The second kappa shape index (κ2) is 5.79. The Morgan fingerprint density at radius 1 is 1.09 bits per heavy atom. The molecule has 2 aromatic carbocycles. The van der Waals surface area contributed by atoms with E-state index < -0.39 is 16.1 Å². The summed E-state index contributed by atoms with van der Waals surface area (Å²) in [7, 11) is -3.62. The fourth-order valence-electron chi connectivity index (χ4n) is 2.17. The van der Waals surface area contributed by atoms with Crippen molar-refractivity contribution in [3.05, 3.63) is 53.1 Å². The van der Waals surface area contributed by atoms with Crippen molar-refractivity contribution in [1.29, 1.82) is 0 Å². The van der Waals surface area contributed by atoms with Crippen molar-refractivity contribution < 1.29 is 17.9 Å². The molecular formula is C15H14ClNO4S. The molecule has 0 saturated carbocycles. The highest BCUT2D eigenvalue weighted by molar-refractivity contribution is 7.89. The summed E-state index contributed by atoms with van der Waals surface area (Å²) in [5.74, 6) is 1.28. The summed E-state index contributed by atoms with van der Waals surface area (Å²) in [5, 5.41) is 0.489. The van der Waals surface area contributed by atoms with Gasteiger partial charge in [-0.05, 0) is 48.9 Å². The van der Waals surface area contributed by atoms with E-state index in [1.807, 2.05) is 6.07 Å². The maximum absolute atomic E-state index is 12.4.